The fraction of sp³-hybridized carbons (Fsp3) is 0.500. The number of nitrogens with two attached hydrogens (primary N) is 1. The molecular weight excluding hydrogens is 410 g/mol. The first-order valence-electron chi connectivity index (χ1n) is 12.4. The van der Waals surface area contributed by atoms with Gasteiger partial charge < -0.3 is 20.7 Å². The van der Waals surface area contributed by atoms with Gasteiger partial charge in [0.25, 0.3) is 5.91 Å². The quantitative estimate of drug-likeness (QED) is 0.610. The lowest BCUT2D eigenvalue weighted by molar-refractivity contribution is -0.111. The van der Waals surface area contributed by atoms with Gasteiger partial charge in [-0.1, -0.05) is 36.2 Å². The lowest BCUT2D eigenvalue weighted by Gasteiger charge is -2.26. The summed E-state index contributed by atoms with van der Waals surface area (Å²) in [6, 6.07) is 16.3. The predicted octanol–water partition coefficient (Wildman–Crippen LogP) is 4.98. The highest BCUT2D eigenvalue weighted by Crippen LogP contribution is 2.20. The number of piperidine rings is 1. The van der Waals surface area contributed by atoms with Gasteiger partial charge in [-0.15, -0.1) is 0 Å². The molecule has 178 valence electrons. The standard InChI is InChI=1S/C21H26N2O.C7H13NO/c1-17-7-5-9-19(15-17)21(24)22-20-10-6-8-18(16-20)11-14-23-12-3-2-4-13-23;8-7-3-1-6(5-9)2-4-7/h5-10,15-16H,2-4,11-14H2,1H3,(H,22,24);5-7H,1-4,8H2. The van der Waals surface area contributed by atoms with Crippen LogP contribution in [0.2, 0.25) is 0 Å². The van der Waals surface area contributed by atoms with Gasteiger partial charge >= 0.3 is 0 Å². The van der Waals surface area contributed by atoms with E-state index in [1.165, 1.54) is 37.9 Å². The van der Waals surface area contributed by atoms with Crippen molar-refractivity contribution in [2.24, 2.45) is 11.7 Å². The molecule has 3 N–H and O–H groups in total. The van der Waals surface area contributed by atoms with E-state index >= 15 is 0 Å². The Morgan fingerprint density at radius 1 is 1.03 bits per heavy atom. The lowest BCUT2D eigenvalue weighted by Crippen LogP contribution is -2.31. The third-order valence-electron chi connectivity index (χ3n) is 6.64. The minimum absolute atomic E-state index is 0.0492. The van der Waals surface area contributed by atoms with Gasteiger partial charge in [0, 0.05) is 29.8 Å². The van der Waals surface area contributed by atoms with Crippen molar-refractivity contribution in [3.63, 3.8) is 0 Å². The number of likely N-dealkylation sites (tertiary alicyclic amines) is 1. The summed E-state index contributed by atoms with van der Waals surface area (Å²) in [6.45, 7) is 5.56. The highest BCUT2D eigenvalue weighted by molar-refractivity contribution is 6.04. The van der Waals surface area contributed by atoms with E-state index in [0.717, 1.165) is 56.2 Å². The SMILES string of the molecule is Cc1cccc(C(=O)Nc2cccc(CCN3CCCCC3)c2)c1.NC1CCC(C=O)CC1. The molecule has 0 unspecified atom stereocenters. The van der Waals surface area contributed by atoms with Gasteiger partial charge in [0.05, 0.1) is 0 Å². The van der Waals surface area contributed by atoms with E-state index in [0.29, 0.717) is 17.5 Å². The number of nitrogens with one attached hydrogen (secondary N) is 1. The van der Waals surface area contributed by atoms with Crippen molar-refractivity contribution in [2.75, 3.05) is 25.0 Å². The molecule has 0 radical (unpaired) electrons. The molecule has 0 spiro atoms. The minimum atomic E-state index is -0.0492. The third kappa shape index (κ3) is 8.75. The average molecular weight is 450 g/mol. The monoisotopic (exact) mass is 449 g/mol. The van der Waals surface area contributed by atoms with Gasteiger partial charge in [-0.3, -0.25) is 4.79 Å². The van der Waals surface area contributed by atoms with Crippen LogP contribution in [0.25, 0.3) is 0 Å². The maximum atomic E-state index is 12.4. The van der Waals surface area contributed by atoms with Crippen LogP contribution in [0.1, 0.15) is 66.4 Å². The third-order valence-corrected chi connectivity index (χ3v) is 6.64. The van der Waals surface area contributed by atoms with E-state index in [1.807, 2.05) is 43.3 Å². The van der Waals surface area contributed by atoms with Crippen molar-refractivity contribution < 1.29 is 9.59 Å². The normalized spacial score (nSPS) is 20.9. The number of aryl methyl sites for hydroxylation is 1. The van der Waals surface area contributed by atoms with Crippen LogP contribution in [-0.4, -0.2) is 42.8 Å². The Labute approximate surface area is 198 Å². The second-order valence-corrected chi connectivity index (χ2v) is 9.49. The van der Waals surface area contributed by atoms with Gasteiger partial charge in [-0.05, 0) is 94.8 Å². The molecule has 2 aromatic rings. The van der Waals surface area contributed by atoms with E-state index in [-0.39, 0.29) is 5.91 Å². The molecule has 1 aliphatic heterocycles. The molecule has 1 amide bonds. The number of carbonyl (C=O) groups is 2. The molecular formula is C28H39N3O2. The first-order chi connectivity index (χ1) is 16.0. The average Bonchev–Trinajstić information content (AvgIpc) is 2.84. The smallest absolute Gasteiger partial charge is 0.255 e. The molecule has 2 aliphatic rings. The number of hydrogen-bond donors (Lipinski definition) is 2. The Bertz CT molecular complexity index is 884. The molecule has 1 saturated carbocycles. The zero-order valence-electron chi connectivity index (χ0n) is 20.0. The van der Waals surface area contributed by atoms with Crippen LogP contribution in [0.3, 0.4) is 0 Å². The fourth-order valence-electron chi connectivity index (χ4n) is 4.55. The van der Waals surface area contributed by atoms with Crippen LogP contribution in [0, 0.1) is 12.8 Å². The molecule has 5 heteroatoms. The second-order valence-electron chi connectivity index (χ2n) is 9.49. The van der Waals surface area contributed by atoms with Crippen molar-refractivity contribution in [1.29, 1.82) is 0 Å². The molecule has 1 aliphatic carbocycles. The minimum Gasteiger partial charge on any atom is -0.328 e. The van der Waals surface area contributed by atoms with Gasteiger partial charge in [0.2, 0.25) is 0 Å². The number of aldehydes is 1. The number of benzene rings is 2. The molecule has 0 bridgehead atoms. The number of carbonyl (C=O) groups excluding carboxylic acids is 2. The van der Waals surface area contributed by atoms with Crippen LogP contribution in [-0.2, 0) is 11.2 Å². The van der Waals surface area contributed by atoms with Crippen LogP contribution in [0.5, 0.6) is 0 Å². The van der Waals surface area contributed by atoms with E-state index < -0.39 is 0 Å². The second kappa shape index (κ2) is 13.3. The number of hydrogen-bond acceptors (Lipinski definition) is 4. The van der Waals surface area contributed by atoms with Gasteiger partial charge in [0.1, 0.15) is 6.29 Å². The molecule has 2 fully saturated rings. The number of nitrogens with zero attached hydrogens (tertiary/aromatic N) is 1. The highest BCUT2D eigenvalue weighted by Gasteiger charge is 2.17. The fourth-order valence-corrected chi connectivity index (χ4v) is 4.55. The summed E-state index contributed by atoms with van der Waals surface area (Å²) in [5, 5.41) is 3.01. The molecule has 2 aromatic carbocycles. The molecule has 33 heavy (non-hydrogen) atoms. The number of anilines is 1. The molecule has 1 heterocycles. The van der Waals surface area contributed by atoms with Crippen LogP contribution < -0.4 is 11.1 Å². The van der Waals surface area contributed by atoms with Crippen molar-refractivity contribution in [3.05, 3.63) is 65.2 Å². The van der Waals surface area contributed by atoms with Gasteiger partial charge in [0.15, 0.2) is 0 Å². The van der Waals surface area contributed by atoms with Gasteiger partial charge in [-0.2, -0.15) is 0 Å². The Morgan fingerprint density at radius 2 is 1.76 bits per heavy atom. The predicted molar refractivity (Wildman–Crippen MR) is 136 cm³/mol. The number of amides is 1. The Hall–Kier alpha value is -2.50. The zero-order chi connectivity index (χ0) is 23.5. The summed E-state index contributed by atoms with van der Waals surface area (Å²) in [4.78, 5) is 25.1. The maximum absolute atomic E-state index is 12.4. The molecule has 0 atom stereocenters. The Kier molecular flexibility index (Phi) is 10.1. The van der Waals surface area contributed by atoms with Gasteiger partial charge in [-0.25, -0.2) is 0 Å². The van der Waals surface area contributed by atoms with Crippen molar-refractivity contribution in [2.45, 2.75) is 64.3 Å². The molecule has 5 nitrogen and oxygen atoms in total. The molecule has 0 aromatic heterocycles. The highest BCUT2D eigenvalue weighted by atomic mass is 16.1. The van der Waals surface area contributed by atoms with E-state index in [9.17, 15) is 9.59 Å². The first kappa shape index (κ1) is 25.1. The van der Waals surface area contributed by atoms with Crippen molar-refractivity contribution in [1.82, 2.24) is 4.90 Å². The Balaban J connectivity index is 0.000000286. The largest absolute Gasteiger partial charge is 0.328 e. The summed E-state index contributed by atoms with van der Waals surface area (Å²) in [5.74, 6) is 0.261. The molecule has 4 rings (SSSR count). The van der Waals surface area contributed by atoms with Crippen LogP contribution in [0.4, 0.5) is 5.69 Å². The summed E-state index contributed by atoms with van der Waals surface area (Å²) < 4.78 is 0. The zero-order valence-corrected chi connectivity index (χ0v) is 20.0. The van der Waals surface area contributed by atoms with Crippen molar-refractivity contribution >= 4 is 17.9 Å². The summed E-state index contributed by atoms with van der Waals surface area (Å²) in [5.41, 5.74) is 9.59. The summed E-state index contributed by atoms with van der Waals surface area (Å²) >= 11 is 0. The molecule has 1 saturated heterocycles. The Morgan fingerprint density at radius 3 is 2.45 bits per heavy atom. The van der Waals surface area contributed by atoms with Crippen LogP contribution in [0.15, 0.2) is 48.5 Å². The van der Waals surface area contributed by atoms with E-state index in [1.54, 1.807) is 0 Å². The number of rotatable bonds is 6. The van der Waals surface area contributed by atoms with Crippen molar-refractivity contribution in [3.8, 4) is 0 Å². The lowest BCUT2D eigenvalue weighted by atomic mass is 9.88. The summed E-state index contributed by atoms with van der Waals surface area (Å²) in [6.07, 6.45) is 10.2. The summed E-state index contributed by atoms with van der Waals surface area (Å²) in [7, 11) is 0. The topological polar surface area (TPSA) is 75.4 Å². The van der Waals surface area contributed by atoms with Crippen LogP contribution >= 0.6 is 0 Å². The van der Waals surface area contributed by atoms with E-state index in [4.69, 9.17) is 5.73 Å². The maximum Gasteiger partial charge on any atom is 0.255 e. The first-order valence-corrected chi connectivity index (χ1v) is 12.4. The van der Waals surface area contributed by atoms with E-state index in [2.05, 4.69) is 22.3 Å².